The number of nitrogens with two attached hydrogens (primary N) is 1. The Hall–Kier alpha value is -1.88. The lowest BCUT2D eigenvalue weighted by Crippen LogP contribution is -2.36. The van der Waals surface area contributed by atoms with Crippen LogP contribution in [0.4, 0.5) is 4.39 Å². The van der Waals surface area contributed by atoms with Crippen molar-refractivity contribution in [3.05, 3.63) is 41.2 Å². The monoisotopic (exact) mass is 320 g/mol. The van der Waals surface area contributed by atoms with E-state index < -0.39 is 0 Å². The number of nitrogens with one attached hydrogen (secondary N) is 1. The van der Waals surface area contributed by atoms with E-state index in [-0.39, 0.29) is 30.9 Å². The van der Waals surface area contributed by atoms with Crippen molar-refractivity contribution in [2.75, 3.05) is 13.2 Å². The van der Waals surface area contributed by atoms with Gasteiger partial charge in [0.25, 0.3) is 5.91 Å². The minimum absolute atomic E-state index is 0.0616. The molecule has 0 unspecified atom stereocenters. The van der Waals surface area contributed by atoms with Crippen molar-refractivity contribution in [3.8, 4) is 5.75 Å². The molecule has 1 aliphatic carbocycles. The minimum atomic E-state index is -0.355. The maximum Gasteiger partial charge on any atom is 0.251 e. The molecule has 0 radical (unpaired) electrons. The van der Waals surface area contributed by atoms with Crippen LogP contribution in [0.5, 0.6) is 5.75 Å². The molecule has 5 heteroatoms. The summed E-state index contributed by atoms with van der Waals surface area (Å²) < 4.78 is 18.9. The van der Waals surface area contributed by atoms with Crippen LogP contribution in [0.25, 0.3) is 0 Å². The van der Waals surface area contributed by atoms with Gasteiger partial charge in [0.1, 0.15) is 18.2 Å². The van der Waals surface area contributed by atoms with Crippen LogP contribution < -0.4 is 15.8 Å². The van der Waals surface area contributed by atoms with E-state index >= 15 is 0 Å². The molecule has 0 atom stereocenters. The molecule has 4 nitrogen and oxygen atoms in total. The molecule has 126 valence electrons. The van der Waals surface area contributed by atoms with E-state index in [0.29, 0.717) is 16.9 Å². The molecule has 0 aliphatic heterocycles. The van der Waals surface area contributed by atoms with E-state index in [2.05, 4.69) is 5.32 Å². The Bertz CT molecular complexity index is 549. The first-order chi connectivity index (χ1) is 11.1. The van der Waals surface area contributed by atoms with Crippen molar-refractivity contribution < 1.29 is 13.9 Å². The molecule has 2 rings (SSSR count). The van der Waals surface area contributed by atoms with E-state index in [1.807, 2.05) is 0 Å². The highest BCUT2D eigenvalue weighted by Gasteiger charge is 2.16. The summed E-state index contributed by atoms with van der Waals surface area (Å²) in [6.45, 7) is 1.67. The van der Waals surface area contributed by atoms with Gasteiger partial charge in [-0.15, -0.1) is 0 Å². The first kappa shape index (κ1) is 17.5. The third kappa shape index (κ3) is 5.36. The molecule has 0 bridgehead atoms. The molecule has 1 aliphatic rings. The lowest BCUT2D eigenvalue weighted by molar-refractivity contribution is 0.0927. The summed E-state index contributed by atoms with van der Waals surface area (Å²) in [5.41, 5.74) is 6.45. The lowest BCUT2D eigenvalue weighted by atomic mass is 9.95. The van der Waals surface area contributed by atoms with Gasteiger partial charge in [-0.2, -0.15) is 0 Å². The molecule has 1 fully saturated rings. The summed E-state index contributed by atoms with van der Waals surface area (Å²) in [4.78, 5) is 12.2. The fraction of sp³-hybridized carbons (Fsp3) is 0.500. The lowest BCUT2D eigenvalue weighted by Gasteiger charge is -2.22. The van der Waals surface area contributed by atoms with Gasteiger partial charge >= 0.3 is 0 Å². The first-order valence-electron chi connectivity index (χ1n) is 8.18. The van der Waals surface area contributed by atoms with Crippen molar-refractivity contribution in [2.24, 2.45) is 5.73 Å². The summed E-state index contributed by atoms with van der Waals surface area (Å²) in [5.74, 6) is 0.110. The van der Waals surface area contributed by atoms with Crippen LogP contribution in [0.1, 0.15) is 49.4 Å². The molecule has 1 saturated carbocycles. The number of carbonyl (C=O) groups excluding carboxylic acids is 1. The maximum absolute atomic E-state index is 13.6. The molecule has 3 N–H and O–H groups in total. The van der Waals surface area contributed by atoms with Gasteiger partial charge in [0.2, 0.25) is 0 Å². The minimum Gasteiger partial charge on any atom is -0.487 e. The molecular formula is C18H25FN2O2. The van der Waals surface area contributed by atoms with Crippen molar-refractivity contribution in [3.63, 3.8) is 0 Å². The van der Waals surface area contributed by atoms with Gasteiger partial charge in [-0.1, -0.05) is 19.3 Å². The fourth-order valence-corrected chi connectivity index (χ4v) is 2.60. The number of hydrogen-bond donors (Lipinski definition) is 2. The Labute approximate surface area is 136 Å². The Morgan fingerprint density at radius 3 is 2.52 bits per heavy atom. The molecular weight excluding hydrogens is 295 g/mol. The quantitative estimate of drug-likeness (QED) is 0.845. The standard InChI is InChI=1S/C18H25FN2O2/c1-13(11-20)17(19)12-23-16-9-7-14(8-10-16)18(22)21-15-5-3-2-4-6-15/h7-10,15H,2-6,11-12,20H2,1H3,(H,21,22)/b17-13-. The van der Waals surface area contributed by atoms with Gasteiger partial charge < -0.3 is 15.8 Å². The Morgan fingerprint density at radius 2 is 1.91 bits per heavy atom. The molecule has 0 saturated heterocycles. The highest BCUT2D eigenvalue weighted by Crippen LogP contribution is 2.19. The molecule has 23 heavy (non-hydrogen) atoms. The summed E-state index contributed by atoms with van der Waals surface area (Å²) in [6, 6.07) is 7.04. The number of benzene rings is 1. The number of ether oxygens (including phenoxy) is 1. The zero-order chi connectivity index (χ0) is 16.7. The average Bonchev–Trinajstić information content (AvgIpc) is 2.60. The fourth-order valence-electron chi connectivity index (χ4n) is 2.60. The third-order valence-electron chi connectivity index (χ3n) is 4.19. The molecule has 0 heterocycles. The second-order valence-electron chi connectivity index (χ2n) is 6.01. The molecule has 1 aromatic carbocycles. The highest BCUT2D eigenvalue weighted by atomic mass is 19.1. The first-order valence-corrected chi connectivity index (χ1v) is 8.18. The number of carbonyl (C=O) groups is 1. The summed E-state index contributed by atoms with van der Waals surface area (Å²) in [7, 11) is 0. The zero-order valence-electron chi connectivity index (χ0n) is 13.6. The summed E-state index contributed by atoms with van der Waals surface area (Å²) in [6.07, 6.45) is 5.73. The van der Waals surface area contributed by atoms with Crippen molar-refractivity contribution >= 4 is 5.91 Å². The van der Waals surface area contributed by atoms with Crippen molar-refractivity contribution in [1.29, 1.82) is 0 Å². The smallest absolute Gasteiger partial charge is 0.251 e. The van der Waals surface area contributed by atoms with Crippen molar-refractivity contribution in [1.82, 2.24) is 5.32 Å². The van der Waals surface area contributed by atoms with Crippen LogP contribution in [0.2, 0.25) is 0 Å². The van der Waals surface area contributed by atoms with E-state index in [4.69, 9.17) is 10.5 Å². The second-order valence-corrected chi connectivity index (χ2v) is 6.01. The normalized spacial score (nSPS) is 16.7. The van der Waals surface area contributed by atoms with Crippen LogP contribution in [0.15, 0.2) is 35.7 Å². The molecule has 0 aromatic heterocycles. The van der Waals surface area contributed by atoms with Gasteiger partial charge in [-0.25, -0.2) is 4.39 Å². The largest absolute Gasteiger partial charge is 0.487 e. The van der Waals surface area contributed by atoms with Gasteiger partial charge in [0.05, 0.1) is 0 Å². The predicted molar refractivity (Wildman–Crippen MR) is 89.1 cm³/mol. The van der Waals surface area contributed by atoms with E-state index in [0.717, 1.165) is 12.8 Å². The van der Waals surface area contributed by atoms with E-state index in [1.165, 1.54) is 19.3 Å². The third-order valence-corrected chi connectivity index (χ3v) is 4.19. The van der Waals surface area contributed by atoms with Gasteiger partial charge in [0.15, 0.2) is 0 Å². The number of hydrogen-bond acceptors (Lipinski definition) is 3. The van der Waals surface area contributed by atoms with Crippen molar-refractivity contribution in [2.45, 2.75) is 45.1 Å². The second kappa shape index (κ2) is 8.67. The number of halogens is 1. The van der Waals surface area contributed by atoms with Gasteiger partial charge in [0, 0.05) is 18.2 Å². The molecule has 1 amide bonds. The molecule has 1 aromatic rings. The van der Waals surface area contributed by atoms with Gasteiger partial charge in [-0.3, -0.25) is 4.79 Å². The Balaban J connectivity index is 1.87. The SMILES string of the molecule is C/C(CN)=C(/F)COc1ccc(C(=O)NC2CCCCC2)cc1. The number of rotatable bonds is 6. The average molecular weight is 320 g/mol. The van der Waals surface area contributed by atoms with Crippen LogP contribution in [-0.4, -0.2) is 25.1 Å². The van der Waals surface area contributed by atoms with E-state index in [1.54, 1.807) is 31.2 Å². The van der Waals surface area contributed by atoms with Crippen LogP contribution in [0.3, 0.4) is 0 Å². The number of amides is 1. The summed E-state index contributed by atoms with van der Waals surface area (Å²) >= 11 is 0. The molecule has 0 spiro atoms. The van der Waals surface area contributed by atoms with Crippen LogP contribution in [0, 0.1) is 0 Å². The van der Waals surface area contributed by atoms with Crippen LogP contribution in [-0.2, 0) is 0 Å². The predicted octanol–water partition coefficient (Wildman–Crippen LogP) is 3.33. The topological polar surface area (TPSA) is 64.3 Å². The highest BCUT2D eigenvalue weighted by molar-refractivity contribution is 5.94. The Morgan fingerprint density at radius 1 is 1.26 bits per heavy atom. The van der Waals surface area contributed by atoms with E-state index in [9.17, 15) is 9.18 Å². The van der Waals surface area contributed by atoms with Gasteiger partial charge in [-0.05, 0) is 49.6 Å². The maximum atomic E-state index is 13.6. The zero-order valence-corrected chi connectivity index (χ0v) is 13.6. The van der Waals surface area contributed by atoms with Crippen LogP contribution >= 0.6 is 0 Å². The summed E-state index contributed by atoms with van der Waals surface area (Å²) in [5, 5.41) is 3.07. The Kier molecular flexibility index (Phi) is 6.59.